The fourth-order valence-electron chi connectivity index (χ4n) is 2.11. The lowest BCUT2D eigenvalue weighted by Crippen LogP contribution is -2.60. The van der Waals surface area contributed by atoms with Crippen LogP contribution in [0.3, 0.4) is 0 Å². The molecule has 1 rings (SSSR count). The van der Waals surface area contributed by atoms with Crippen molar-refractivity contribution in [2.45, 2.75) is 40.3 Å². The second-order valence-electron chi connectivity index (χ2n) is 5.41. The number of hydrogen-bond acceptors (Lipinski definition) is 0. The molecule has 167 valence electrons. The highest BCUT2D eigenvalue weighted by atomic mass is 79.9. The minimum Gasteiger partial charge on any atom is -0.221 e. The van der Waals surface area contributed by atoms with Gasteiger partial charge in [-0.25, -0.2) is 4.39 Å². The molecule has 0 fully saturated rings. The summed E-state index contributed by atoms with van der Waals surface area (Å²) in [6.07, 6.45) is -21.3. The maximum absolute atomic E-state index is 14.8. The largest absolute Gasteiger partial charge is 0.457 e. The van der Waals surface area contributed by atoms with Crippen LogP contribution < -0.4 is 0 Å². The molecule has 0 aromatic heterocycles. The third-order valence-electron chi connectivity index (χ3n) is 3.36. The monoisotopic (exact) mass is 571 g/mol. The Hall–Kier alpha value is -0.270. The van der Waals surface area contributed by atoms with Crippen LogP contribution in [0.15, 0.2) is 10.5 Å². The van der Waals surface area contributed by atoms with E-state index in [0.717, 1.165) is 0 Å². The second kappa shape index (κ2) is 7.70. The van der Waals surface area contributed by atoms with E-state index in [4.69, 9.17) is 34.8 Å². The Balaban J connectivity index is 4.14. The molecule has 29 heavy (non-hydrogen) atoms. The van der Waals surface area contributed by atoms with Gasteiger partial charge in [-0.3, -0.25) is 0 Å². The molecule has 1 unspecified atom stereocenters. The molecule has 0 saturated carbocycles. The Kier molecular flexibility index (Phi) is 7.11. The molecule has 0 aliphatic heterocycles. The third-order valence-corrected chi connectivity index (χ3v) is 4.43. The lowest BCUT2D eigenvalue weighted by molar-refractivity contribution is -0.389. The van der Waals surface area contributed by atoms with Gasteiger partial charge in [-0.1, -0.05) is 34.8 Å². The van der Waals surface area contributed by atoms with Crippen LogP contribution in [-0.2, 0) is 18.3 Å². The number of alkyl halides is 15. The average molecular weight is 573 g/mol. The van der Waals surface area contributed by atoms with Crippen LogP contribution in [0.5, 0.6) is 0 Å². The molecule has 0 heterocycles. The summed E-state index contributed by atoms with van der Waals surface area (Å²) in [6.45, 7) is 0. The quantitative estimate of drug-likeness (QED) is 0.253. The van der Waals surface area contributed by atoms with Crippen molar-refractivity contribution in [1.82, 2.24) is 0 Å². The maximum Gasteiger partial charge on any atom is 0.457 e. The summed E-state index contributed by atoms with van der Waals surface area (Å²) in [6, 6.07) is 0.463. The first-order valence-electron chi connectivity index (χ1n) is 6.56. The molecule has 1 radical (unpaired) electrons. The Morgan fingerprint density at radius 2 is 1.24 bits per heavy atom. The fraction of sp³-hybridized carbons (Fsp3) is 0.538. The SMILES string of the molecule is FC(F)(F)c1[c]c(Br)c(CC(Cl)(Cl)Cl)c(C(F)(C(F)(F)F)C(F)(F)C(F)(F)F)c1. The predicted molar refractivity (Wildman–Crippen MR) is 81.8 cm³/mol. The van der Waals surface area contributed by atoms with Crippen LogP contribution in [0.4, 0.5) is 52.7 Å². The Morgan fingerprint density at radius 3 is 1.55 bits per heavy atom. The maximum atomic E-state index is 14.8. The molecule has 0 aliphatic carbocycles. The molecule has 0 nitrogen and oxygen atoms in total. The molecule has 0 aliphatic rings. The summed E-state index contributed by atoms with van der Waals surface area (Å²) in [7, 11) is 0. The normalized spacial score (nSPS) is 16.7. The summed E-state index contributed by atoms with van der Waals surface area (Å²) >= 11 is 18.0. The van der Waals surface area contributed by atoms with Crippen molar-refractivity contribution >= 4 is 50.7 Å². The van der Waals surface area contributed by atoms with Crippen molar-refractivity contribution in [2.75, 3.05) is 0 Å². The van der Waals surface area contributed by atoms with E-state index in [9.17, 15) is 52.7 Å². The van der Waals surface area contributed by atoms with Crippen LogP contribution in [0, 0.1) is 6.07 Å². The second-order valence-corrected chi connectivity index (χ2v) is 8.72. The van der Waals surface area contributed by atoms with Crippen molar-refractivity contribution < 1.29 is 52.7 Å². The zero-order valence-corrected chi connectivity index (χ0v) is 16.7. The van der Waals surface area contributed by atoms with Crippen LogP contribution >= 0.6 is 50.7 Å². The fourth-order valence-corrected chi connectivity index (χ4v) is 3.08. The van der Waals surface area contributed by atoms with E-state index in [0.29, 0.717) is 0 Å². The molecule has 16 heteroatoms. The number of hydrogen-bond donors (Lipinski definition) is 0. The highest BCUT2D eigenvalue weighted by Crippen LogP contribution is 2.60. The minimum absolute atomic E-state index is 0.885. The van der Waals surface area contributed by atoms with Gasteiger partial charge in [0.1, 0.15) is 0 Å². The Bertz CT molecular complexity index is 763. The van der Waals surface area contributed by atoms with E-state index < -0.39 is 67.6 Å². The minimum atomic E-state index is -7.22. The molecule has 1 aromatic rings. The van der Waals surface area contributed by atoms with Gasteiger partial charge in [0.15, 0.2) is 3.79 Å². The van der Waals surface area contributed by atoms with Crippen molar-refractivity contribution in [3.63, 3.8) is 0 Å². The first-order valence-corrected chi connectivity index (χ1v) is 8.49. The van der Waals surface area contributed by atoms with Crippen LogP contribution in [0.1, 0.15) is 16.7 Å². The topological polar surface area (TPSA) is 0 Å². The molecule has 1 aromatic carbocycles. The number of halogens is 16. The van der Waals surface area contributed by atoms with E-state index in [1.807, 2.05) is 0 Å². The van der Waals surface area contributed by atoms with E-state index in [1.54, 1.807) is 0 Å². The van der Waals surface area contributed by atoms with Crippen LogP contribution in [-0.4, -0.2) is 22.1 Å². The van der Waals surface area contributed by atoms with Gasteiger partial charge in [-0.2, -0.15) is 48.3 Å². The number of rotatable bonds is 3. The highest BCUT2D eigenvalue weighted by molar-refractivity contribution is 9.10. The van der Waals surface area contributed by atoms with Gasteiger partial charge in [-0.15, -0.1) is 0 Å². The first-order chi connectivity index (χ1) is 12.5. The van der Waals surface area contributed by atoms with Gasteiger partial charge in [0, 0.05) is 22.5 Å². The van der Waals surface area contributed by atoms with Crippen LogP contribution in [0.2, 0.25) is 0 Å². The highest BCUT2D eigenvalue weighted by Gasteiger charge is 2.82. The lowest BCUT2D eigenvalue weighted by atomic mass is 9.83. The predicted octanol–water partition coefficient (Wildman–Crippen LogP) is 8.11. The molecule has 1 atom stereocenters. The summed E-state index contributed by atoms with van der Waals surface area (Å²) in [5, 5.41) is 0. The molecular formula is C13H3BrCl3F12. The van der Waals surface area contributed by atoms with Crippen LogP contribution in [0.25, 0.3) is 0 Å². The van der Waals surface area contributed by atoms with Crippen molar-refractivity contribution in [3.05, 3.63) is 33.3 Å². The molecule has 0 N–H and O–H groups in total. The standard InChI is InChI=1S/C13H3BrCl3F12/c14-7-2-4(10(19,20)21)1-6(5(7)3-8(15,16)17)9(18,12(24,25)26)11(22,23)13(27,28)29/h1H,3H2. The molecule has 0 saturated heterocycles. The third kappa shape index (κ3) is 5.15. The van der Waals surface area contributed by atoms with E-state index in [-0.39, 0.29) is 0 Å². The zero-order chi connectivity index (χ0) is 23.4. The Labute approximate surface area is 177 Å². The summed E-state index contributed by atoms with van der Waals surface area (Å²) in [5.41, 5.74) is -13.2. The van der Waals surface area contributed by atoms with Gasteiger partial charge >= 0.3 is 30.1 Å². The lowest BCUT2D eigenvalue weighted by Gasteiger charge is -2.38. The zero-order valence-electron chi connectivity index (χ0n) is 12.8. The van der Waals surface area contributed by atoms with Crippen molar-refractivity contribution in [1.29, 1.82) is 0 Å². The number of benzene rings is 1. The summed E-state index contributed by atoms with van der Waals surface area (Å²) in [5.74, 6) is -7.22. The van der Waals surface area contributed by atoms with Gasteiger partial charge in [0.25, 0.3) is 0 Å². The summed E-state index contributed by atoms with van der Waals surface area (Å²) in [4.78, 5) is 0. The van der Waals surface area contributed by atoms with Gasteiger partial charge in [0.05, 0.1) is 5.56 Å². The Morgan fingerprint density at radius 1 is 0.793 bits per heavy atom. The van der Waals surface area contributed by atoms with Gasteiger partial charge in [-0.05, 0) is 27.6 Å². The van der Waals surface area contributed by atoms with E-state index in [2.05, 4.69) is 15.9 Å². The molecule has 0 bridgehead atoms. The van der Waals surface area contributed by atoms with E-state index >= 15 is 0 Å². The van der Waals surface area contributed by atoms with Gasteiger partial charge < -0.3 is 0 Å². The van der Waals surface area contributed by atoms with Gasteiger partial charge in [0.2, 0.25) is 0 Å². The molecule has 0 amide bonds. The average Bonchev–Trinajstić information content (AvgIpc) is 2.43. The van der Waals surface area contributed by atoms with Crippen molar-refractivity contribution in [2.24, 2.45) is 0 Å². The molecular weight excluding hydrogens is 570 g/mol. The smallest absolute Gasteiger partial charge is 0.221 e. The van der Waals surface area contributed by atoms with Crippen molar-refractivity contribution in [3.8, 4) is 0 Å². The molecule has 0 spiro atoms. The van der Waals surface area contributed by atoms with E-state index in [1.165, 1.54) is 6.07 Å². The first kappa shape index (κ1) is 26.8. The summed E-state index contributed by atoms with van der Waals surface area (Å²) < 4.78 is 154.